The number of rotatable bonds is 29. The van der Waals surface area contributed by atoms with E-state index in [0.29, 0.717) is 26.2 Å². The summed E-state index contributed by atoms with van der Waals surface area (Å²) in [7, 11) is 0. The first kappa shape index (κ1) is 36.7. The van der Waals surface area contributed by atoms with E-state index in [1.54, 1.807) is 0 Å². The molecule has 0 amide bonds. The normalized spacial score (nSPS) is 12.2. The van der Waals surface area contributed by atoms with Crippen LogP contribution in [0.2, 0.25) is 0 Å². The Morgan fingerprint density at radius 1 is 0.625 bits per heavy atom. The van der Waals surface area contributed by atoms with Gasteiger partial charge in [-0.25, -0.2) is 0 Å². The van der Waals surface area contributed by atoms with E-state index in [0.717, 1.165) is 24.3 Å². The first-order chi connectivity index (χ1) is 19.6. The second-order valence-corrected chi connectivity index (χ2v) is 11.7. The van der Waals surface area contributed by atoms with E-state index in [1.165, 1.54) is 115 Å². The van der Waals surface area contributed by atoms with Gasteiger partial charge in [-0.15, -0.1) is 0 Å². The molecule has 40 heavy (non-hydrogen) atoms. The van der Waals surface area contributed by atoms with Crippen LogP contribution in [0.4, 0.5) is 0 Å². The first-order valence-electron chi connectivity index (χ1n) is 17.0. The maximum atomic E-state index is 9.27. The lowest BCUT2D eigenvalue weighted by molar-refractivity contribution is 0.141. The second kappa shape index (κ2) is 26.6. The maximum absolute atomic E-state index is 9.27. The summed E-state index contributed by atoms with van der Waals surface area (Å²) in [4.78, 5) is 2.02. The zero-order valence-electron chi connectivity index (χ0n) is 26.6. The molecule has 0 saturated carbocycles. The molecule has 234 valence electrons. The molecule has 0 heterocycles. The fraction of sp³-hybridized carbons (Fsp3) is 0.829. The van der Waals surface area contributed by atoms with Crippen molar-refractivity contribution in [3.63, 3.8) is 0 Å². The third-order valence-corrected chi connectivity index (χ3v) is 7.82. The quantitative estimate of drug-likeness (QED) is 0.0954. The Morgan fingerprint density at radius 2 is 1.12 bits per heavy atom. The lowest BCUT2D eigenvalue weighted by Gasteiger charge is -2.21. The van der Waals surface area contributed by atoms with Crippen LogP contribution in [0.5, 0.6) is 11.5 Å². The monoisotopic (exact) mass is 563 g/mol. The highest BCUT2D eigenvalue weighted by atomic mass is 16.5. The van der Waals surface area contributed by atoms with Crippen LogP contribution in [0.15, 0.2) is 18.2 Å². The molecule has 0 spiro atoms. The van der Waals surface area contributed by atoms with Gasteiger partial charge in [0, 0.05) is 25.7 Å². The van der Waals surface area contributed by atoms with E-state index in [9.17, 15) is 10.2 Å². The van der Waals surface area contributed by atoms with Gasteiger partial charge in [0.05, 0.1) is 19.3 Å². The number of nitrogens with zero attached hydrogens (tertiary/aromatic N) is 1. The van der Waals surface area contributed by atoms with Crippen LogP contribution < -0.4 is 9.47 Å². The predicted octanol–water partition coefficient (Wildman–Crippen LogP) is 8.72. The van der Waals surface area contributed by atoms with E-state index in [1.807, 2.05) is 11.0 Å². The minimum absolute atomic E-state index is 0.0861. The average Bonchev–Trinajstić information content (AvgIpc) is 2.94. The van der Waals surface area contributed by atoms with E-state index < -0.39 is 0 Å². The van der Waals surface area contributed by atoms with Crippen molar-refractivity contribution in [2.75, 3.05) is 39.5 Å². The van der Waals surface area contributed by atoms with Gasteiger partial charge in [0.15, 0.2) is 0 Å². The third kappa shape index (κ3) is 20.6. The van der Waals surface area contributed by atoms with Gasteiger partial charge in [-0.05, 0) is 50.3 Å². The highest BCUT2D eigenvalue weighted by Gasteiger charge is 2.10. The van der Waals surface area contributed by atoms with Gasteiger partial charge in [-0.2, -0.15) is 0 Å². The number of ether oxygens (including phenoxy) is 2. The minimum atomic E-state index is 0.0861. The van der Waals surface area contributed by atoms with Crippen LogP contribution in [0.3, 0.4) is 0 Å². The van der Waals surface area contributed by atoms with Gasteiger partial charge < -0.3 is 19.7 Å². The summed E-state index contributed by atoms with van der Waals surface area (Å²) in [5, 5.41) is 18.5. The number of hydrogen-bond donors (Lipinski definition) is 2. The molecule has 1 aromatic carbocycles. The van der Waals surface area contributed by atoms with E-state index in [2.05, 4.69) is 32.9 Å². The lowest BCUT2D eigenvalue weighted by Crippen LogP contribution is -2.33. The van der Waals surface area contributed by atoms with Crippen molar-refractivity contribution in [2.45, 2.75) is 149 Å². The van der Waals surface area contributed by atoms with Crippen molar-refractivity contribution in [1.29, 1.82) is 0 Å². The summed E-state index contributed by atoms with van der Waals surface area (Å²) in [6, 6.07) is 6.40. The van der Waals surface area contributed by atoms with Gasteiger partial charge in [0.1, 0.15) is 18.1 Å². The van der Waals surface area contributed by atoms with E-state index >= 15 is 0 Å². The van der Waals surface area contributed by atoms with Crippen molar-refractivity contribution < 1.29 is 19.7 Å². The zero-order valence-corrected chi connectivity index (χ0v) is 26.6. The van der Waals surface area contributed by atoms with E-state index in [-0.39, 0.29) is 19.3 Å². The molecule has 0 aromatic heterocycles. The van der Waals surface area contributed by atoms with Crippen molar-refractivity contribution in [3.8, 4) is 11.5 Å². The highest BCUT2D eigenvalue weighted by molar-refractivity contribution is 5.38. The molecule has 1 unspecified atom stereocenters. The number of hydrogen-bond acceptors (Lipinski definition) is 5. The number of unbranched alkanes of at least 4 members (excludes halogenated alkanes) is 15. The Kier molecular flexibility index (Phi) is 24.4. The van der Waals surface area contributed by atoms with Gasteiger partial charge in [-0.3, -0.25) is 4.90 Å². The maximum Gasteiger partial charge on any atom is 0.123 e. The van der Waals surface area contributed by atoms with Gasteiger partial charge in [-0.1, -0.05) is 110 Å². The van der Waals surface area contributed by atoms with Crippen LogP contribution in [0.1, 0.15) is 142 Å². The molecule has 0 aliphatic heterocycles. The molecule has 0 radical (unpaired) electrons. The Morgan fingerprint density at radius 3 is 1.68 bits per heavy atom. The Hall–Kier alpha value is -1.30. The van der Waals surface area contributed by atoms with Crippen LogP contribution in [-0.4, -0.2) is 60.7 Å². The second-order valence-electron chi connectivity index (χ2n) is 11.7. The summed E-state index contributed by atoms with van der Waals surface area (Å²) in [6.07, 6.45) is 25.2. The van der Waals surface area contributed by atoms with Crippen LogP contribution in [-0.2, 0) is 6.42 Å². The topological polar surface area (TPSA) is 62.2 Å². The summed E-state index contributed by atoms with van der Waals surface area (Å²) in [5.74, 6) is 1.76. The fourth-order valence-corrected chi connectivity index (χ4v) is 5.33. The molecule has 0 aliphatic rings. The van der Waals surface area contributed by atoms with Gasteiger partial charge in [0.2, 0.25) is 0 Å². The first-order valence-corrected chi connectivity index (χ1v) is 17.0. The third-order valence-electron chi connectivity index (χ3n) is 7.82. The lowest BCUT2D eigenvalue weighted by atomic mass is 10.0. The van der Waals surface area contributed by atoms with Gasteiger partial charge >= 0.3 is 0 Å². The molecule has 0 saturated heterocycles. The molecular weight excluding hydrogens is 498 g/mol. The number of aryl methyl sites for hydroxylation is 1. The Balaban J connectivity index is 2.47. The summed E-state index contributed by atoms with van der Waals surface area (Å²) >= 11 is 0. The zero-order chi connectivity index (χ0) is 29.1. The van der Waals surface area contributed by atoms with Crippen LogP contribution in [0, 0.1) is 0 Å². The molecule has 1 atom stereocenters. The molecular formula is C35H65NO4. The smallest absolute Gasteiger partial charge is 0.123 e. The van der Waals surface area contributed by atoms with Crippen molar-refractivity contribution in [1.82, 2.24) is 4.90 Å². The van der Waals surface area contributed by atoms with Crippen LogP contribution in [0.25, 0.3) is 0 Å². The Bertz CT molecular complexity index is 677. The minimum Gasteiger partial charge on any atom is -0.492 e. The molecule has 0 aliphatic carbocycles. The standard InChI is InChI=1S/C35H65NO4/c1-4-6-8-10-11-12-13-14-15-16-17-18-20-22-33-29-34(39-28-25-36(23-26-37)24-27-38)31-35(30-33)40-32(3)21-19-9-7-5-2/h29-32,37-38H,4-28H2,1-3H3. The Labute approximate surface area is 248 Å². The summed E-state index contributed by atoms with van der Waals surface area (Å²) in [6.45, 7) is 9.17. The molecule has 2 N–H and O–H groups in total. The number of aliphatic hydroxyl groups excluding tert-OH is 2. The van der Waals surface area contributed by atoms with Gasteiger partial charge in [0.25, 0.3) is 0 Å². The van der Waals surface area contributed by atoms with Crippen LogP contribution >= 0.6 is 0 Å². The SMILES string of the molecule is CCCCCCCCCCCCCCCc1cc(OCCN(CCO)CCO)cc(OC(C)CCCCCC)c1. The number of aliphatic hydroxyl groups is 2. The van der Waals surface area contributed by atoms with Crippen molar-refractivity contribution in [3.05, 3.63) is 23.8 Å². The largest absolute Gasteiger partial charge is 0.492 e. The summed E-state index contributed by atoms with van der Waals surface area (Å²) < 4.78 is 12.5. The highest BCUT2D eigenvalue weighted by Crippen LogP contribution is 2.26. The van der Waals surface area contributed by atoms with E-state index in [4.69, 9.17) is 9.47 Å². The molecule has 1 aromatic rings. The average molecular weight is 564 g/mol. The summed E-state index contributed by atoms with van der Waals surface area (Å²) in [5.41, 5.74) is 1.29. The van der Waals surface area contributed by atoms with Crippen molar-refractivity contribution in [2.24, 2.45) is 0 Å². The molecule has 0 fully saturated rings. The molecule has 5 nitrogen and oxygen atoms in total. The predicted molar refractivity (Wildman–Crippen MR) is 171 cm³/mol. The molecule has 0 bridgehead atoms. The number of benzene rings is 1. The fourth-order valence-electron chi connectivity index (χ4n) is 5.33. The molecule has 5 heteroatoms. The molecule has 1 rings (SSSR count). The van der Waals surface area contributed by atoms with Crippen molar-refractivity contribution >= 4 is 0 Å².